The van der Waals surface area contributed by atoms with E-state index in [0.29, 0.717) is 20.8 Å². The first-order valence-corrected chi connectivity index (χ1v) is 63.5. The highest BCUT2D eigenvalue weighted by molar-refractivity contribution is 7.80. The van der Waals surface area contributed by atoms with Crippen molar-refractivity contribution >= 4 is 130 Å². The summed E-state index contributed by atoms with van der Waals surface area (Å²) in [6, 6.07) is 37.0. The van der Waals surface area contributed by atoms with E-state index in [1.807, 2.05) is 79.7 Å². The van der Waals surface area contributed by atoms with E-state index in [4.69, 9.17) is 77.0 Å². The molecule has 6 aromatic carbocycles. The highest BCUT2D eigenvalue weighted by Gasteiger charge is 2.22. The maximum Gasteiger partial charge on any atom is 0.165 e. The SMILES string of the molecule is CC(C)S(=O)[O-].CC(C)S(=O)[O-].CC(C)S(=O)[O-].CC(C)S(=O)[O-].CC(C)S(=O)[O-].CC(C)S(=O)[O-].CC1CCCCC1.CC1CCCCC1.CC1CCCCC1.CC1CCCCC1.CC1CCCCC1.CC1CCCCC1.CCc1cc(Cl)ccc1OC.CCc1ccc(Cl)c(Cl)c1.CCc1ccc(Cl)cc1Cl.CCc1ccc(N2C[C@H](C)C[C@H](C)C2)cc1.CCc1ccc(OC)c(F)c1.CCc1ccc(OC)c(OC)c1. The van der Waals surface area contributed by atoms with Crippen LogP contribution in [0.4, 0.5) is 10.1 Å². The van der Waals surface area contributed by atoms with Crippen molar-refractivity contribution in [2.45, 2.75) is 449 Å². The van der Waals surface area contributed by atoms with E-state index in [1.54, 1.807) is 117 Å². The third-order valence-corrected chi connectivity index (χ3v) is 31.3. The van der Waals surface area contributed by atoms with Gasteiger partial charge in [-0.15, -0.1) is 0 Å². The molecule has 13 rings (SSSR count). The molecular formula is C119H201Cl5FNO16S6-6. The van der Waals surface area contributed by atoms with Crippen LogP contribution in [0.15, 0.2) is 115 Å². The molecule has 0 N–H and O–H groups in total. The van der Waals surface area contributed by atoms with Gasteiger partial charge in [0.25, 0.3) is 0 Å². The molecular weight excluding hydrogens is 2090 g/mol. The normalized spacial score (nSPS) is 17.3. The van der Waals surface area contributed by atoms with Crippen molar-refractivity contribution in [3.05, 3.63) is 180 Å². The van der Waals surface area contributed by atoms with Gasteiger partial charge in [0.2, 0.25) is 0 Å². The Hall–Kier alpha value is -3.64. The number of hydrogen-bond acceptors (Lipinski definition) is 17. The molecule has 1 aliphatic heterocycles. The van der Waals surface area contributed by atoms with Crippen LogP contribution in [-0.2, 0) is 105 Å². The number of piperidine rings is 1. The van der Waals surface area contributed by atoms with Gasteiger partial charge in [-0.1, -0.05) is 534 Å². The number of nitrogens with zero attached hydrogens (tertiary/aromatic N) is 1. The second-order valence-electron chi connectivity index (χ2n) is 41.1. The summed E-state index contributed by atoms with van der Waals surface area (Å²) >= 11 is 17.6. The van der Waals surface area contributed by atoms with Gasteiger partial charge in [0.15, 0.2) is 23.1 Å². The van der Waals surface area contributed by atoms with Gasteiger partial charge in [-0.25, -0.2) is 4.39 Å². The molecule has 6 aliphatic carbocycles. The molecule has 6 aromatic rings. The molecule has 7 fully saturated rings. The molecule has 17 nitrogen and oxygen atoms in total. The van der Waals surface area contributed by atoms with Gasteiger partial charge in [0, 0.05) is 65.3 Å². The Morgan fingerprint density at radius 3 is 0.770 bits per heavy atom. The van der Waals surface area contributed by atoms with Crippen molar-refractivity contribution in [3.63, 3.8) is 0 Å². The fraction of sp³-hybridized carbons (Fsp3) is 0.697. The number of hydrogen-bond donors (Lipinski definition) is 0. The minimum Gasteiger partial charge on any atom is -0.772 e. The first kappa shape index (κ1) is 153. The van der Waals surface area contributed by atoms with Crippen molar-refractivity contribution in [2.75, 3.05) is 46.4 Å². The summed E-state index contributed by atoms with van der Waals surface area (Å²) in [7, 11) is 6.42. The zero-order chi connectivity index (χ0) is 114. The molecule has 1 heterocycles. The Balaban J connectivity index is -0.000000492. The molecule has 7 aliphatic rings. The van der Waals surface area contributed by atoms with Crippen molar-refractivity contribution in [1.29, 1.82) is 0 Å². The van der Waals surface area contributed by atoms with E-state index < -0.39 is 66.5 Å². The van der Waals surface area contributed by atoms with Crippen molar-refractivity contribution in [3.8, 4) is 23.0 Å². The van der Waals surface area contributed by atoms with E-state index in [0.717, 1.165) is 130 Å². The second kappa shape index (κ2) is 97.8. The molecule has 0 amide bonds. The second-order valence-corrected chi connectivity index (χ2v) is 51.9. The Kier molecular flexibility index (Phi) is 101. The average Bonchev–Trinajstić information content (AvgIpc) is 0.846. The topological polar surface area (TPSA) is 281 Å². The summed E-state index contributed by atoms with van der Waals surface area (Å²) in [5, 5.41) is 2.10. The molecule has 29 heteroatoms. The maximum atomic E-state index is 12.9. The minimum atomic E-state index is -1.87. The third kappa shape index (κ3) is 88.4. The molecule has 0 aromatic heterocycles. The highest BCUT2D eigenvalue weighted by Crippen LogP contribution is 2.33. The van der Waals surface area contributed by atoms with E-state index >= 15 is 0 Å². The largest absolute Gasteiger partial charge is 0.772 e. The van der Waals surface area contributed by atoms with Gasteiger partial charge in [0.1, 0.15) is 5.75 Å². The Morgan fingerprint density at radius 2 is 0.527 bits per heavy atom. The zero-order valence-electron chi connectivity index (χ0n) is 96.8. The zero-order valence-corrected chi connectivity index (χ0v) is 106. The summed E-state index contributed by atoms with van der Waals surface area (Å²) < 4.78 is 149. The lowest BCUT2D eigenvalue weighted by Gasteiger charge is -2.36. The molecule has 8 atom stereocenters. The van der Waals surface area contributed by atoms with Gasteiger partial charge in [-0.3, -0.25) is 25.3 Å². The number of methoxy groups -OCH3 is 4. The van der Waals surface area contributed by atoms with Crippen LogP contribution in [0.5, 0.6) is 23.0 Å². The van der Waals surface area contributed by atoms with Crippen LogP contribution in [0.3, 0.4) is 0 Å². The summed E-state index contributed by atoms with van der Waals surface area (Å²) in [6.45, 7) is 53.4. The molecule has 0 spiro atoms. The van der Waals surface area contributed by atoms with E-state index in [2.05, 4.69) is 119 Å². The van der Waals surface area contributed by atoms with Crippen LogP contribution in [0.1, 0.15) is 412 Å². The summed E-state index contributed by atoms with van der Waals surface area (Å²) in [6.07, 6.45) is 51.9. The maximum absolute atomic E-state index is 12.9. The molecule has 6 saturated carbocycles. The first-order valence-electron chi connectivity index (χ1n) is 54.8. The lowest BCUT2D eigenvalue weighted by Crippen LogP contribution is -2.38. The van der Waals surface area contributed by atoms with Crippen molar-refractivity contribution in [1.82, 2.24) is 0 Å². The van der Waals surface area contributed by atoms with Crippen LogP contribution in [-0.4, -0.2) is 126 Å². The van der Waals surface area contributed by atoms with Crippen molar-refractivity contribution < 1.29 is 75.9 Å². The average molecular weight is 2290 g/mol. The molecule has 6 unspecified atom stereocenters. The fourth-order valence-corrected chi connectivity index (χ4v) is 16.3. The van der Waals surface area contributed by atoms with Gasteiger partial charge in [0.05, 0.1) is 38.5 Å². The monoisotopic (exact) mass is 2290 g/mol. The van der Waals surface area contributed by atoms with Crippen LogP contribution < -0.4 is 23.8 Å². The fourth-order valence-electron chi connectivity index (χ4n) is 15.3. The van der Waals surface area contributed by atoms with E-state index in [1.165, 1.54) is 248 Å². The molecule has 148 heavy (non-hydrogen) atoms. The van der Waals surface area contributed by atoms with E-state index in [9.17, 15) is 57.0 Å². The number of ether oxygens (including phenoxy) is 4. The number of halogens is 6. The van der Waals surface area contributed by atoms with Gasteiger partial charge in [-0.05, 0) is 205 Å². The number of aryl methyl sites for hydroxylation is 6. The lowest BCUT2D eigenvalue weighted by atomic mass is 9.91. The van der Waals surface area contributed by atoms with Crippen LogP contribution in [0.2, 0.25) is 25.1 Å². The summed E-state index contributed by atoms with van der Waals surface area (Å²) in [5.41, 5.74) is 8.59. The number of anilines is 1. The highest BCUT2D eigenvalue weighted by atomic mass is 35.5. The summed E-state index contributed by atoms with van der Waals surface area (Å²) in [5.74, 6) is 10.4. The molecule has 862 valence electrons. The smallest absolute Gasteiger partial charge is 0.165 e. The number of rotatable bonds is 17. The molecule has 0 bridgehead atoms. The standard InChI is InChI=1S/C15H23N.C10H14O2.C9H11ClO.C9H11FO.2C8H8Cl2.6C7H14.6C3H8O2S/c1-4-14-5-7-15(8-6-14)16-10-12(2)9-13(3)11-16;1-4-8-5-6-9(11-2)10(7-8)12-3;1-3-7-6-8(10)4-5-9(7)11-2;1-3-7-4-5-9(11-2)8(10)6-7;1-2-6-3-4-7(9)5-8(6)10;1-2-6-3-4-7(9)8(10)5-6;6*1-7-5-3-2-4-6-7;6*1-3(2)6(4)5/h5-8,12-13H,4,9-11H2,1-3H3;5-7H,4H2,1-3H3;2*4-6H,3H2,1-2H3;2*3-5H,2H2,1H3;6*7H,2-6H2,1H3;6*3H,1-2H3,(H,4,5)/p-6/t12-,13+;;;;;;;;;;;;;;;;;. The molecule has 1 saturated heterocycles. The van der Waals surface area contributed by atoms with E-state index in [-0.39, 0.29) is 37.3 Å². The summed E-state index contributed by atoms with van der Waals surface area (Å²) in [4.78, 5) is 2.54. The van der Waals surface area contributed by atoms with Gasteiger partial charge >= 0.3 is 0 Å². The van der Waals surface area contributed by atoms with Crippen LogP contribution in [0.25, 0.3) is 0 Å². The Morgan fingerprint density at radius 1 is 0.277 bits per heavy atom. The predicted octanol–water partition coefficient (Wildman–Crippen LogP) is 35.6. The molecule has 0 radical (unpaired) electrons. The first-order chi connectivity index (χ1) is 69.7. The third-order valence-electron chi connectivity index (χ3n) is 25.1. The van der Waals surface area contributed by atoms with Gasteiger partial charge < -0.3 is 51.2 Å². The Bertz CT molecular complexity index is 4040. The Labute approximate surface area is 943 Å². The van der Waals surface area contributed by atoms with Gasteiger partial charge in [-0.2, -0.15) is 0 Å². The lowest BCUT2D eigenvalue weighted by molar-refractivity contribution is 0.354. The predicted molar refractivity (Wildman–Crippen MR) is 639 cm³/mol. The van der Waals surface area contributed by atoms with Crippen molar-refractivity contribution in [2.24, 2.45) is 47.3 Å². The van der Waals surface area contributed by atoms with Crippen LogP contribution >= 0.6 is 58.0 Å². The number of benzene rings is 6. The minimum absolute atomic E-state index is 0.231. The van der Waals surface area contributed by atoms with Crippen LogP contribution in [0, 0.1) is 53.2 Å². The quantitative estimate of drug-likeness (QED) is 0.0767.